The van der Waals surface area contributed by atoms with Gasteiger partial charge in [-0.05, 0) is 49.2 Å². The van der Waals surface area contributed by atoms with Gasteiger partial charge in [-0.2, -0.15) is 0 Å². The lowest BCUT2D eigenvalue weighted by Crippen LogP contribution is -2.27. The van der Waals surface area contributed by atoms with E-state index in [-0.39, 0.29) is 11.9 Å². The van der Waals surface area contributed by atoms with Crippen LogP contribution in [0.15, 0.2) is 36.4 Å². The summed E-state index contributed by atoms with van der Waals surface area (Å²) in [5.74, 6) is 2.80. The summed E-state index contributed by atoms with van der Waals surface area (Å²) in [6.45, 7) is 1.92. The second-order valence-corrected chi connectivity index (χ2v) is 6.12. The lowest BCUT2D eigenvalue weighted by atomic mass is 10.1. The third-order valence-corrected chi connectivity index (χ3v) is 4.33. The predicted molar refractivity (Wildman–Crippen MR) is 104 cm³/mol. The number of aryl methyl sites for hydroxylation is 1. The third kappa shape index (κ3) is 5.54. The van der Waals surface area contributed by atoms with Crippen LogP contribution in [0.5, 0.6) is 23.0 Å². The zero-order chi connectivity index (χ0) is 19.8. The summed E-state index contributed by atoms with van der Waals surface area (Å²) < 4.78 is 21.2. The topological polar surface area (TPSA) is 66.0 Å². The maximum Gasteiger partial charge on any atom is 0.220 e. The standard InChI is InChI=1S/C21H27NO5/c1-14(19-13-16(24-2)7-8-20(19)27-5)22-21(23)9-6-15-10-17(25-3)12-18(11-15)26-4/h7-8,10-14H,6,9H2,1-5H3,(H,22,23)/t14-/m1/s1. The van der Waals surface area contributed by atoms with E-state index in [0.717, 1.165) is 16.9 Å². The quantitative estimate of drug-likeness (QED) is 0.728. The van der Waals surface area contributed by atoms with E-state index in [1.807, 2.05) is 37.3 Å². The Morgan fingerprint density at radius 3 is 2.07 bits per heavy atom. The van der Waals surface area contributed by atoms with Crippen molar-refractivity contribution in [2.24, 2.45) is 0 Å². The largest absolute Gasteiger partial charge is 0.497 e. The summed E-state index contributed by atoms with van der Waals surface area (Å²) in [7, 11) is 6.43. The summed E-state index contributed by atoms with van der Waals surface area (Å²) >= 11 is 0. The number of carbonyl (C=O) groups excluding carboxylic acids is 1. The molecule has 0 aliphatic rings. The molecule has 0 fully saturated rings. The summed E-state index contributed by atoms with van der Waals surface area (Å²) in [4.78, 5) is 12.4. The molecule has 2 rings (SSSR count). The van der Waals surface area contributed by atoms with Crippen LogP contribution in [0.1, 0.15) is 30.5 Å². The summed E-state index contributed by atoms with van der Waals surface area (Å²) in [5, 5.41) is 3.01. The maximum absolute atomic E-state index is 12.4. The average Bonchev–Trinajstić information content (AvgIpc) is 2.71. The molecule has 0 saturated heterocycles. The number of benzene rings is 2. The third-order valence-electron chi connectivity index (χ3n) is 4.33. The molecule has 1 amide bonds. The van der Waals surface area contributed by atoms with Gasteiger partial charge in [-0.15, -0.1) is 0 Å². The van der Waals surface area contributed by atoms with Crippen LogP contribution in [0.4, 0.5) is 0 Å². The number of hydrogen-bond acceptors (Lipinski definition) is 5. The van der Waals surface area contributed by atoms with Crippen LogP contribution in [0.2, 0.25) is 0 Å². The van der Waals surface area contributed by atoms with Crippen LogP contribution >= 0.6 is 0 Å². The second kappa shape index (κ2) is 9.71. The zero-order valence-electron chi connectivity index (χ0n) is 16.5. The molecule has 0 heterocycles. The highest BCUT2D eigenvalue weighted by molar-refractivity contribution is 5.77. The molecule has 146 valence electrons. The van der Waals surface area contributed by atoms with E-state index in [1.165, 1.54) is 0 Å². The van der Waals surface area contributed by atoms with E-state index < -0.39 is 0 Å². The fraction of sp³-hybridized carbons (Fsp3) is 0.381. The first kappa shape index (κ1) is 20.4. The van der Waals surface area contributed by atoms with Crippen LogP contribution in [-0.2, 0) is 11.2 Å². The summed E-state index contributed by atoms with van der Waals surface area (Å²) in [5.41, 5.74) is 1.85. The van der Waals surface area contributed by atoms with Crippen LogP contribution in [0, 0.1) is 0 Å². The van der Waals surface area contributed by atoms with Gasteiger partial charge < -0.3 is 24.3 Å². The Morgan fingerprint density at radius 2 is 1.52 bits per heavy atom. The molecule has 1 N–H and O–H groups in total. The van der Waals surface area contributed by atoms with Crippen molar-refractivity contribution in [2.75, 3.05) is 28.4 Å². The van der Waals surface area contributed by atoms with E-state index in [2.05, 4.69) is 5.32 Å². The fourth-order valence-electron chi connectivity index (χ4n) is 2.84. The molecule has 2 aromatic rings. The number of methoxy groups -OCH3 is 4. The van der Waals surface area contributed by atoms with Crippen LogP contribution < -0.4 is 24.3 Å². The highest BCUT2D eigenvalue weighted by Gasteiger charge is 2.15. The zero-order valence-corrected chi connectivity index (χ0v) is 16.5. The van der Waals surface area contributed by atoms with Gasteiger partial charge in [-0.25, -0.2) is 0 Å². The molecule has 6 heteroatoms. The number of rotatable bonds is 9. The molecule has 27 heavy (non-hydrogen) atoms. The molecule has 0 bridgehead atoms. The van der Waals surface area contributed by atoms with Gasteiger partial charge in [-0.1, -0.05) is 0 Å². The predicted octanol–water partition coefficient (Wildman–Crippen LogP) is 3.53. The first-order valence-corrected chi connectivity index (χ1v) is 8.74. The Morgan fingerprint density at radius 1 is 0.889 bits per heavy atom. The number of carbonyl (C=O) groups is 1. The molecule has 0 spiro atoms. The fourth-order valence-corrected chi connectivity index (χ4v) is 2.84. The number of hydrogen-bond donors (Lipinski definition) is 1. The second-order valence-electron chi connectivity index (χ2n) is 6.12. The minimum atomic E-state index is -0.206. The Kier molecular flexibility index (Phi) is 7.34. The van der Waals surface area contributed by atoms with Gasteiger partial charge in [0.2, 0.25) is 5.91 Å². The van der Waals surface area contributed by atoms with Gasteiger partial charge in [0, 0.05) is 18.1 Å². The van der Waals surface area contributed by atoms with Crippen molar-refractivity contribution in [2.45, 2.75) is 25.8 Å². The van der Waals surface area contributed by atoms with Gasteiger partial charge in [-0.3, -0.25) is 4.79 Å². The molecule has 0 radical (unpaired) electrons. The van der Waals surface area contributed by atoms with Crippen molar-refractivity contribution in [1.82, 2.24) is 5.32 Å². The van der Waals surface area contributed by atoms with Gasteiger partial charge in [0.05, 0.1) is 34.5 Å². The van der Waals surface area contributed by atoms with Crippen molar-refractivity contribution in [1.29, 1.82) is 0 Å². The Hall–Kier alpha value is -2.89. The minimum Gasteiger partial charge on any atom is -0.497 e. The van der Waals surface area contributed by atoms with E-state index in [0.29, 0.717) is 30.1 Å². The molecule has 0 aromatic heterocycles. The molecular weight excluding hydrogens is 346 g/mol. The first-order valence-electron chi connectivity index (χ1n) is 8.74. The SMILES string of the molecule is COc1cc(CCC(=O)N[C@H](C)c2cc(OC)ccc2OC)cc(OC)c1. The van der Waals surface area contributed by atoms with E-state index >= 15 is 0 Å². The van der Waals surface area contributed by atoms with Gasteiger partial charge in [0.25, 0.3) is 0 Å². The monoisotopic (exact) mass is 373 g/mol. The highest BCUT2D eigenvalue weighted by Crippen LogP contribution is 2.29. The van der Waals surface area contributed by atoms with Crippen LogP contribution in [0.3, 0.4) is 0 Å². The number of amides is 1. The van der Waals surface area contributed by atoms with Crippen molar-refractivity contribution < 1.29 is 23.7 Å². The van der Waals surface area contributed by atoms with E-state index in [1.54, 1.807) is 34.5 Å². The molecule has 1 atom stereocenters. The smallest absolute Gasteiger partial charge is 0.220 e. The van der Waals surface area contributed by atoms with Crippen molar-refractivity contribution in [3.05, 3.63) is 47.5 Å². The molecule has 0 aliphatic heterocycles. The van der Waals surface area contributed by atoms with Crippen molar-refractivity contribution in [3.8, 4) is 23.0 Å². The Labute approximate surface area is 160 Å². The summed E-state index contributed by atoms with van der Waals surface area (Å²) in [6.07, 6.45) is 0.939. The van der Waals surface area contributed by atoms with Gasteiger partial charge in [0.15, 0.2) is 0 Å². The normalized spacial score (nSPS) is 11.4. The lowest BCUT2D eigenvalue weighted by Gasteiger charge is -2.18. The van der Waals surface area contributed by atoms with Gasteiger partial charge in [0.1, 0.15) is 23.0 Å². The average molecular weight is 373 g/mol. The maximum atomic E-state index is 12.4. The Bertz CT molecular complexity index is 753. The van der Waals surface area contributed by atoms with Crippen LogP contribution in [-0.4, -0.2) is 34.3 Å². The highest BCUT2D eigenvalue weighted by atomic mass is 16.5. The molecule has 0 saturated carbocycles. The van der Waals surface area contributed by atoms with Crippen molar-refractivity contribution >= 4 is 5.91 Å². The lowest BCUT2D eigenvalue weighted by molar-refractivity contribution is -0.121. The van der Waals surface area contributed by atoms with E-state index in [9.17, 15) is 4.79 Å². The number of nitrogens with one attached hydrogen (secondary N) is 1. The summed E-state index contributed by atoms with van der Waals surface area (Å²) in [6, 6.07) is 10.9. The van der Waals surface area contributed by atoms with E-state index in [4.69, 9.17) is 18.9 Å². The van der Waals surface area contributed by atoms with Crippen molar-refractivity contribution in [3.63, 3.8) is 0 Å². The van der Waals surface area contributed by atoms with Gasteiger partial charge >= 0.3 is 0 Å². The molecular formula is C21H27NO5. The number of ether oxygens (including phenoxy) is 4. The molecule has 6 nitrogen and oxygen atoms in total. The first-order chi connectivity index (χ1) is 13.0. The molecule has 0 unspecified atom stereocenters. The molecule has 0 aliphatic carbocycles. The van der Waals surface area contributed by atoms with Crippen LogP contribution in [0.25, 0.3) is 0 Å². The molecule has 2 aromatic carbocycles. The minimum absolute atomic E-state index is 0.0471. The Balaban J connectivity index is 2.02.